The van der Waals surface area contributed by atoms with E-state index in [9.17, 15) is 0 Å². The summed E-state index contributed by atoms with van der Waals surface area (Å²) in [7, 11) is 0. The van der Waals surface area contributed by atoms with Gasteiger partial charge < -0.3 is 0 Å². The smallest absolute Gasteiger partial charge is 0.0235 e. The lowest BCUT2D eigenvalue weighted by atomic mass is 9.91. The molecule has 1 atom stereocenters. The molecule has 1 aromatic rings. The largest absolute Gasteiger partial charge is 0.0628 e. The summed E-state index contributed by atoms with van der Waals surface area (Å²) in [6.07, 6.45) is 6.49. The summed E-state index contributed by atoms with van der Waals surface area (Å²) in [6.45, 7) is 17.3. The van der Waals surface area contributed by atoms with Crippen molar-refractivity contribution in [1.29, 1.82) is 0 Å². The summed E-state index contributed by atoms with van der Waals surface area (Å²) < 4.78 is 0. The quantitative estimate of drug-likeness (QED) is 0.583. The van der Waals surface area contributed by atoms with Gasteiger partial charge in [-0.05, 0) is 67.7 Å². The van der Waals surface area contributed by atoms with Crippen LogP contribution in [0, 0.1) is 32.6 Å². The highest BCUT2D eigenvalue weighted by Crippen LogP contribution is 2.21. The molecule has 0 heterocycles. The van der Waals surface area contributed by atoms with Crippen molar-refractivity contribution in [2.24, 2.45) is 11.8 Å². The van der Waals surface area contributed by atoms with Gasteiger partial charge in [-0.3, -0.25) is 0 Å². The van der Waals surface area contributed by atoms with Crippen LogP contribution in [-0.4, -0.2) is 0 Å². The molecule has 1 aromatic carbocycles. The third-order valence-corrected chi connectivity index (χ3v) is 4.04. The maximum Gasteiger partial charge on any atom is -0.0235 e. The number of rotatable bonds is 7. The van der Waals surface area contributed by atoms with Gasteiger partial charge in [-0.15, -0.1) is 0 Å². The van der Waals surface area contributed by atoms with Crippen LogP contribution in [0.1, 0.15) is 68.7 Å². The first-order valence-corrected chi connectivity index (χ1v) is 7.67. The lowest BCUT2D eigenvalue weighted by Gasteiger charge is -2.14. The Morgan fingerprint density at radius 2 is 1.63 bits per heavy atom. The summed E-state index contributed by atoms with van der Waals surface area (Å²) in [4.78, 5) is 0. The number of hydrogen-bond acceptors (Lipinski definition) is 0. The van der Waals surface area contributed by atoms with E-state index in [-0.39, 0.29) is 0 Å². The Morgan fingerprint density at radius 3 is 2.26 bits per heavy atom. The van der Waals surface area contributed by atoms with E-state index in [4.69, 9.17) is 0 Å². The summed E-state index contributed by atoms with van der Waals surface area (Å²) in [5.41, 5.74) is 4.96. The standard InChI is InChI=1S/C19H30/c1-14(2)8-7-9-15(3)10-11-19-13-17(5)16(4)12-18(19)6/h12-15H,5-11H2,1-4H3. The van der Waals surface area contributed by atoms with E-state index >= 15 is 0 Å². The monoisotopic (exact) mass is 258 g/mol. The van der Waals surface area contributed by atoms with Crippen molar-refractivity contribution in [3.05, 3.63) is 48.2 Å². The van der Waals surface area contributed by atoms with Gasteiger partial charge in [0.2, 0.25) is 0 Å². The molecule has 0 aliphatic carbocycles. The second kappa shape index (κ2) is 7.72. The molecule has 2 radical (unpaired) electrons. The van der Waals surface area contributed by atoms with Crippen LogP contribution in [0.5, 0.6) is 0 Å². The predicted molar refractivity (Wildman–Crippen MR) is 86.3 cm³/mol. The SMILES string of the molecule is [CH2]c1cc(CCC(C)CCCC(C)C)c([CH2])cc1C. The highest BCUT2D eigenvalue weighted by Gasteiger charge is 2.07. The molecule has 0 N–H and O–H groups in total. The van der Waals surface area contributed by atoms with Crippen molar-refractivity contribution >= 4 is 0 Å². The van der Waals surface area contributed by atoms with E-state index in [1.165, 1.54) is 42.4 Å². The molecule has 0 heteroatoms. The van der Waals surface area contributed by atoms with Crippen LogP contribution in [0.15, 0.2) is 12.1 Å². The van der Waals surface area contributed by atoms with E-state index in [0.29, 0.717) is 0 Å². The van der Waals surface area contributed by atoms with Crippen molar-refractivity contribution in [3.8, 4) is 0 Å². The van der Waals surface area contributed by atoms with Gasteiger partial charge in [-0.25, -0.2) is 0 Å². The van der Waals surface area contributed by atoms with Crippen molar-refractivity contribution in [2.75, 3.05) is 0 Å². The summed E-state index contributed by atoms with van der Waals surface area (Å²) >= 11 is 0. The highest BCUT2D eigenvalue weighted by atomic mass is 14.1. The highest BCUT2D eigenvalue weighted by molar-refractivity contribution is 5.40. The minimum atomic E-state index is 0.813. The minimum Gasteiger partial charge on any atom is -0.0628 e. The number of aryl methyl sites for hydroxylation is 2. The Morgan fingerprint density at radius 1 is 0.947 bits per heavy atom. The van der Waals surface area contributed by atoms with E-state index in [2.05, 4.69) is 53.7 Å². The van der Waals surface area contributed by atoms with Gasteiger partial charge in [0.15, 0.2) is 0 Å². The molecule has 1 rings (SSSR count). The molecule has 0 bridgehead atoms. The summed E-state index contributed by atoms with van der Waals surface area (Å²) in [5.74, 6) is 1.65. The molecule has 0 saturated carbocycles. The second-order valence-electron chi connectivity index (χ2n) is 6.52. The lowest BCUT2D eigenvalue weighted by molar-refractivity contribution is 0.437. The molecule has 106 valence electrons. The van der Waals surface area contributed by atoms with Crippen LogP contribution < -0.4 is 0 Å². The Balaban J connectivity index is 2.42. The molecule has 0 spiro atoms. The second-order valence-corrected chi connectivity index (χ2v) is 6.52. The average Bonchev–Trinajstić information content (AvgIpc) is 2.31. The first-order chi connectivity index (χ1) is 8.90. The van der Waals surface area contributed by atoms with Gasteiger partial charge in [0.25, 0.3) is 0 Å². The Labute approximate surface area is 120 Å². The van der Waals surface area contributed by atoms with Crippen molar-refractivity contribution in [1.82, 2.24) is 0 Å². The molecule has 0 amide bonds. The summed E-state index contributed by atoms with van der Waals surface area (Å²) in [5, 5.41) is 0. The molecule has 0 nitrogen and oxygen atoms in total. The van der Waals surface area contributed by atoms with Crippen LogP contribution in [0.25, 0.3) is 0 Å². The van der Waals surface area contributed by atoms with Gasteiger partial charge >= 0.3 is 0 Å². The normalized spacial score (nSPS) is 13.0. The molecule has 0 fully saturated rings. The fourth-order valence-corrected chi connectivity index (χ4v) is 2.52. The number of hydrogen-bond donors (Lipinski definition) is 0. The molecule has 1 unspecified atom stereocenters. The zero-order chi connectivity index (χ0) is 14.4. The third kappa shape index (κ3) is 5.80. The first-order valence-electron chi connectivity index (χ1n) is 7.67. The maximum atomic E-state index is 4.16. The van der Waals surface area contributed by atoms with Crippen molar-refractivity contribution in [2.45, 2.75) is 59.8 Å². The topological polar surface area (TPSA) is 0 Å². The first kappa shape index (κ1) is 16.3. The molecule has 0 aliphatic heterocycles. The van der Waals surface area contributed by atoms with Gasteiger partial charge in [0.1, 0.15) is 0 Å². The zero-order valence-corrected chi connectivity index (χ0v) is 13.3. The third-order valence-electron chi connectivity index (χ3n) is 4.04. The molecule has 0 saturated heterocycles. The van der Waals surface area contributed by atoms with Crippen molar-refractivity contribution < 1.29 is 0 Å². The Bertz CT molecular complexity index is 387. The molecule has 0 aliphatic rings. The van der Waals surface area contributed by atoms with E-state index in [1.807, 2.05) is 0 Å². The fourth-order valence-electron chi connectivity index (χ4n) is 2.52. The molecular weight excluding hydrogens is 228 g/mol. The predicted octanol–water partition coefficient (Wildman–Crippen LogP) is 5.75. The lowest BCUT2D eigenvalue weighted by Crippen LogP contribution is -2.01. The number of benzene rings is 1. The van der Waals surface area contributed by atoms with Gasteiger partial charge in [0.05, 0.1) is 0 Å². The van der Waals surface area contributed by atoms with E-state index in [1.54, 1.807) is 0 Å². The molecular formula is C19H30. The molecule has 19 heavy (non-hydrogen) atoms. The maximum absolute atomic E-state index is 4.16. The molecule has 0 aromatic heterocycles. The Kier molecular flexibility index (Phi) is 6.62. The van der Waals surface area contributed by atoms with Crippen LogP contribution >= 0.6 is 0 Å². The van der Waals surface area contributed by atoms with Crippen LogP contribution in [0.2, 0.25) is 0 Å². The van der Waals surface area contributed by atoms with Gasteiger partial charge in [-0.1, -0.05) is 52.2 Å². The van der Waals surface area contributed by atoms with E-state index < -0.39 is 0 Å². The van der Waals surface area contributed by atoms with Gasteiger partial charge in [0, 0.05) is 0 Å². The van der Waals surface area contributed by atoms with Crippen LogP contribution in [0.4, 0.5) is 0 Å². The summed E-state index contributed by atoms with van der Waals surface area (Å²) in [6, 6.07) is 4.39. The Hall–Kier alpha value is -0.780. The van der Waals surface area contributed by atoms with Crippen molar-refractivity contribution in [3.63, 3.8) is 0 Å². The van der Waals surface area contributed by atoms with Crippen LogP contribution in [0.3, 0.4) is 0 Å². The van der Waals surface area contributed by atoms with E-state index in [0.717, 1.165) is 23.8 Å². The zero-order valence-electron chi connectivity index (χ0n) is 13.3. The average molecular weight is 258 g/mol. The van der Waals surface area contributed by atoms with Gasteiger partial charge in [-0.2, -0.15) is 0 Å². The minimum absolute atomic E-state index is 0.813. The fraction of sp³-hybridized carbons (Fsp3) is 0.579. The van der Waals surface area contributed by atoms with Crippen LogP contribution in [-0.2, 0) is 6.42 Å².